The van der Waals surface area contributed by atoms with Crippen molar-refractivity contribution in [2.45, 2.75) is 13.5 Å². The van der Waals surface area contributed by atoms with E-state index < -0.39 is 0 Å². The van der Waals surface area contributed by atoms with Crippen LogP contribution >= 0.6 is 11.6 Å². The Labute approximate surface area is 104 Å². The summed E-state index contributed by atoms with van der Waals surface area (Å²) in [6, 6.07) is 3.66. The average Bonchev–Trinajstić information content (AvgIpc) is 2.79. The Morgan fingerprint density at radius 2 is 2.24 bits per heavy atom. The summed E-state index contributed by atoms with van der Waals surface area (Å²) in [6.07, 6.45) is 1.62. The zero-order chi connectivity index (χ0) is 12.4. The van der Waals surface area contributed by atoms with Crippen molar-refractivity contribution in [3.63, 3.8) is 0 Å². The largest absolute Gasteiger partial charge is 0.495 e. The van der Waals surface area contributed by atoms with E-state index in [1.165, 1.54) is 0 Å². The molecule has 4 nitrogen and oxygen atoms in total. The highest BCUT2D eigenvalue weighted by molar-refractivity contribution is 6.32. The number of halogens is 1. The monoisotopic (exact) mass is 252 g/mol. The van der Waals surface area contributed by atoms with Gasteiger partial charge < -0.3 is 15.0 Å². The van der Waals surface area contributed by atoms with Crippen LogP contribution in [0.2, 0.25) is 5.02 Å². The zero-order valence-electron chi connectivity index (χ0n) is 9.66. The SMILES string of the molecule is COc1cc(C)c(-c2oncc2CN)cc1Cl. The topological polar surface area (TPSA) is 61.3 Å². The molecular formula is C12H13ClN2O2. The summed E-state index contributed by atoms with van der Waals surface area (Å²) in [7, 11) is 1.58. The van der Waals surface area contributed by atoms with Crippen molar-refractivity contribution < 1.29 is 9.26 Å². The molecule has 0 saturated heterocycles. The van der Waals surface area contributed by atoms with Crippen molar-refractivity contribution in [3.05, 3.63) is 34.5 Å². The molecule has 0 fully saturated rings. The first-order chi connectivity index (χ1) is 8.17. The first kappa shape index (κ1) is 12.0. The summed E-state index contributed by atoms with van der Waals surface area (Å²) in [5, 5.41) is 4.29. The number of aromatic nitrogens is 1. The molecule has 0 aliphatic heterocycles. The lowest BCUT2D eigenvalue weighted by Gasteiger charge is -2.08. The molecule has 5 heteroatoms. The summed E-state index contributed by atoms with van der Waals surface area (Å²) >= 11 is 6.10. The molecule has 2 N–H and O–H groups in total. The molecule has 0 radical (unpaired) electrons. The summed E-state index contributed by atoms with van der Waals surface area (Å²) in [6.45, 7) is 2.33. The van der Waals surface area contributed by atoms with Gasteiger partial charge in [-0.25, -0.2) is 0 Å². The van der Waals surface area contributed by atoms with Gasteiger partial charge in [-0.15, -0.1) is 0 Å². The summed E-state index contributed by atoms with van der Waals surface area (Å²) in [5.74, 6) is 1.30. The van der Waals surface area contributed by atoms with Crippen molar-refractivity contribution in [1.29, 1.82) is 0 Å². The van der Waals surface area contributed by atoms with Crippen LogP contribution in [0.25, 0.3) is 11.3 Å². The van der Waals surface area contributed by atoms with E-state index in [1.54, 1.807) is 19.4 Å². The van der Waals surface area contributed by atoms with Crippen LogP contribution in [-0.4, -0.2) is 12.3 Å². The lowest BCUT2D eigenvalue weighted by molar-refractivity contribution is 0.414. The number of aryl methyl sites for hydroxylation is 1. The van der Waals surface area contributed by atoms with Crippen molar-refractivity contribution >= 4 is 11.6 Å². The van der Waals surface area contributed by atoms with Crippen molar-refractivity contribution in [1.82, 2.24) is 5.16 Å². The van der Waals surface area contributed by atoms with Gasteiger partial charge in [0, 0.05) is 17.7 Å². The van der Waals surface area contributed by atoms with Crippen LogP contribution in [0, 0.1) is 6.92 Å². The molecule has 0 aliphatic rings. The molecule has 2 rings (SSSR count). The van der Waals surface area contributed by atoms with Gasteiger partial charge in [-0.1, -0.05) is 16.8 Å². The van der Waals surface area contributed by atoms with Crippen molar-refractivity contribution in [3.8, 4) is 17.1 Å². The second kappa shape index (κ2) is 4.77. The number of rotatable bonds is 3. The molecule has 90 valence electrons. The highest BCUT2D eigenvalue weighted by Crippen LogP contribution is 2.34. The Morgan fingerprint density at radius 3 is 2.88 bits per heavy atom. The van der Waals surface area contributed by atoms with E-state index in [0.717, 1.165) is 16.7 Å². The number of hydrogen-bond acceptors (Lipinski definition) is 4. The van der Waals surface area contributed by atoms with Crippen molar-refractivity contribution in [2.75, 3.05) is 7.11 Å². The maximum Gasteiger partial charge on any atom is 0.171 e. The highest BCUT2D eigenvalue weighted by Gasteiger charge is 2.14. The lowest BCUT2D eigenvalue weighted by atomic mass is 10.0. The standard InChI is InChI=1S/C12H13ClN2O2/c1-7-3-11(16-2)10(13)4-9(7)12-8(5-14)6-15-17-12/h3-4,6H,5,14H2,1-2H3. The van der Waals surface area contributed by atoms with Crippen molar-refractivity contribution in [2.24, 2.45) is 5.73 Å². The number of nitrogens with two attached hydrogens (primary N) is 1. The van der Waals surface area contributed by atoms with Crippen LogP contribution in [0.1, 0.15) is 11.1 Å². The quantitative estimate of drug-likeness (QED) is 0.912. The van der Waals surface area contributed by atoms with E-state index in [1.807, 2.05) is 13.0 Å². The van der Waals surface area contributed by atoms with E-state index in [2.05, 4.69) is 5.16 Å². The number of hydrogen-bond donors (Lipinski definition) is 1. The van der Waals surface area contributed by atoms with Gasteiger partial charge in [0.1, 0.15) is 5.75 Å². The minimum atomic E-state index is 0.377. The minimum Gasteiger partial charge on any atom is -0.495 e. The average molecular weight is 253 g/mol. The number of ether oxygens (including phenoxy) is 1. The zero-order valence-corrected chi connectivity index (χ0v) is 10.4. The van der Waals surface area contributed by atoms with E-state index in [0.29, 0.717) is 23.1 Å². The summed E-state index contributed by atoms with van der Waals surface area (Å²) in [4.78, 5) is 0. The van der Waals surface area contributed by atoms with Gasteiger partial charge in [0.15, 0.2) is 5.76 Å². The van der Waals surface area contributed by atoms with Gasteiger partial charge in [-0.2, -0.15) is 0 Å². The molecule has 0 bridgehead atoms. The van der Waals surface area contributed by atoms with Gasteiger partial charge in [-0.05, 0) is 24.6 Å². The number of nitrogens with zero attached hydrogens (tertiary/aromatic N) is 1. The van der Waals surface area contributed by atoms with Gasteiger partial charge in [0.05, 0.1) is 18.3 Å². The fourth-order valence-electron chi connectivity index (χ4n) is 1.68. The van der Waals surface area contributed by atoms with E-state index in [4.69, 9.17) is 26.6 Å². The number of methoxy groups -OCH3 is 1. The van der Waals surface area contributed by atoms with E-state index in [9.17, 15) is 0 Å². The molecule has 17 heavy (non-hydrogen) atoms. The van der Waals surface area contributed by atoms with Gasteiger partial charge in [-0.3, -0.25) is 0 Å². The van der Waals surface area contributed by atoms with E-state index >= 15 is 0 Å². The van der Waals surface area contributed by atoms with Gasteiger partial charge in [0.25, 0.3) is 0 Å². The third-order valence-corrected chi connectivity index (χ3v) is 2.90. The highest BCUT2D eigenvalue weighted by atomic mass is 35.5. The molecule has 0 atom stereocenters. The molecule has 1 aromatic carbocycles. The molecule has 0 saturated carbocycles. The Morgan fingerprint density at radius 1 is 1.47 bits per heavy atom. The van der Waals surface area contributed by atoms with Gasteiger partial charge in [0.2, 0.25) is 0 Å². The second-order valence-electron chi connectivity index (χ2n) is 3.69. The predicted molar refractivity (Wildman–Crippen MR) is 66.1 cm³/mol. The Bertz CT molecular complexity index is 537. The number of benzene rings is 1. The molecule has 1 aromatic heterocycles. The fraction of sp³-hybridized carbons (Fsp3) is 0.250. The molecule has 1 heterocycles. The molecular weight excluding hydrogens is 240 g/mol. The summed E-state index contributed by atoms with van der Waals surface area (Å²) in [5.41, 5.74) is 8.36. The van der Waals surface area contributed by atoms with Crippen LogP contribution in [0.3, 0.4) is 0 Å². The lowest BCUT2D eigenvalue weighted by Crippen LogP contribution is -1.97. The molecule has 0 aliphatic carbocycles. The normalized spacial score (nSPS) is 10.6. The predicted octanol–water partition coefficient (Wildman–Crippen LogP) is 2.77. The molecule has 0 spiro atoms. The van der Waals surface area contributed by atoms with Crippen LogP contribution in [-0.2, 0) is 6.54 Å². The van der Waals surface area contributed by atoms with Crippen LogP contribution in [0.5, 0.6) is 5.75 Å². The van der Waals surface area contributed by atoms with Crippen LogP contribution in [0.15, 0.2) is 22.9 Å². The van der Waals surface area contributed by atoms with Crippen LogP contribution < -0.4 is 10.5 Å². The fourth-order valence-corrected chi connectivity index (χ4v) is 1.92. The minimum absolute atomic E-state index is 0.377. The third kappa shape index (κ3) is 2.14. The second-order valence-corrected chi connectivity index (χ2v) is 4.09. The molecule has 0 amide bonds. The Kier molecular flexibility index (Phi) is 3.36. The maximum absolute atomic E-state index is 6.10. The summed E-state index contributed by atoms with van der Waals surface area (Å²) < 4.78 is 10.4. The van der Waals surface area contributed by atoms with Crippen LogP contribution in [0.4, 0.5) is 0 Å². The smallest absolute Gasteiger partial charge is 0.171 e. The first-order valence-electron chi connectivity index (χ1n) is 5.15. The molecule has 2 aromatic rings. The first-order valence-corrected chi connectivity index (χ1v) is 5.53. The maximum atomic E-state index is 6.10. The van der Waals surface area contributed by atoms with Gasteiger partial charge >= 0.3 is 0 Å². The van der Waals surface area contributed by atoms with E-state index in [-0.39, 0.29) is 0 Å². The Hall–Kier alpha value is -1.52. The molecule has 0 unspecified atom stereocenters. The Balaban J connectivity index is 2.56. The third-order valence-electron chi connectivity index (χ3n) is 2.61.